The van der Waals surface area contributed by atoms with E-state index in [2.05, 4.69) is 30.5 Å². The molecule has 0 unspecified atom stereocenters. The van der Waals surface area contributed by atoms with Crippen LogP contribution >= 0.6 is 0 Å². The van der Waals surface area contributed by atoms with Gasteiger partial charge in [0.2, 0.25) is 5.95 Å². The number of hydrogen-bond donors (Lipinski definition) is 2. The van der Waals surface area contributed by atoms with Crippen LogP contribution < -0.4 is 15.5 Å². The maximum absolute atomic E-state index is 14.5. The van der Waals surface area contributed by atoms with E-state index < -0.39 is 0 Å². The Balaban J connectivity index is 1.41. The van der Waals surface area contributed by atoms with Gasteiger partial charge >= 0.3 is 0 Å². The molecule has 0 radical (unpaired) electrons. The lowest BCUT2D eigenvalue weighted by atomic mass is 10.1. The summed E-state index contributed by atoms with van der Waals surface area (Å²) < 4.78 is 21.8. The number of benzene rings is 1. The minimum atomic E-state index is -0.278. The van der Waals surface area contributed by atoms with Gasteiger partial charge in [0, 0.05) is 52.4 Å². The van der Waals surface area contributed by atoms with Crippen LogP contribution in [0.4, 0.5) is 16.2 Å². The monoisotopic (exact) mass is 397 g/mol. The highest BCUT2D eigenvalue weighted by atomic mass is 19.1. The molecule has 1 saturated heterocycles. The third-order valence-electron chi connectivity index (χ3n) is 5.12. The average Bonchev–Trinajstić information content (AvgIpc) is 3.42. The molecule has 1 aliphatic rings. The van der Waals surface area contributed by atoms with Crippen LogP contribution in [0.15, 0.2) is 49.2 Å². The van der Waals surface area contributed by atoms with Crippen molar-refractivity contribution in [2.24, 2.45) is 0 Å². The van der Waals surface area contributed by atoms with Gasteiger partial charge in [-0.25, -0.2) is 14.4 Å². The lowest BCUT2D eigenvalue weighted by molar-refractivity contribution is 0.0966. The van der Waals surface area contributed by atoms with Crippen molar-refractivity contribution < 1.29 is 9.13 Å². The number of aromatic nitrogens is 4. The van der Waals surface area contributed by atoms with Crippen LogP contribution in [0.3, 0.4) is 0 Å². The Morgan fingerprint density at radius 1 is 1.24 bits per heavy atom. The van der Waals surface area contributed by atoms with Crippen LogP contribution in [-0.2, 0) is 11.3 Å². The fraction of sp³-hybridized carbons (Fsp3) is 0.350. The maximum atomic E-state index is 14.5. The number of imidazole rings is 1. The zero-order valence-electron chi connectivity index (χ0n) is 16.4. The number of hydrogen-bond acceptors (Lipinski definition) is 7. The normalized spacial score (nSPS) is 18.9. The van der Waals surface area contributed by atoms with Crippen LogP contribution in [0, 0.1) is 5.82 Å². The SMILES string of the molecule is CNc1nccc(N2C[C@H](OC)[C@H](NCc3ccc(-n4ccnc4)c(F)c3)C2)n1. The van der Waals surface area contributed by atoms with Gasteiger partial charge in [0.25, 0.3) is 0 Å². The largest absolute Gasteiger partial charge is 0.378 e. The first-order chi connectivity index (χ1) is 14.2. The van der Waals surface area contributed by atoms with Crippen molar-refractivity contribution in [2.75, 3.05) is 37.5 Å². The molecular formula is C20H24FN7O. The molecule has 4 rings (SSSR count). The molecule has 29 heavy (non-hydrogen) atoms. The molecule has 0 spiro atoms. The summed E-state index contributed by atoms with van der Waals surface area (Å²) in [6.45, 7) is 2.02. The van der Waals surface area contributed by atoms with E-state index in [9.17, 15) is 4.39 Å². The Bertz CT molecular complexity index is 950. The predicted molar refractivity (Wildman–Crippen MR) is 109 cm³/mol. The van der Waals surface area contributed by atoms with Gasteiger partial charge in [0.05, 0.1) is 24.2 Å². The number of methoxy groups -OCH3 is 1. The molecule has 0 bridgehead atoms. The molecule has 1 aliphatic heterocycles. The third kappa shape index (κ3) is 4.20. The minimum Gasteiger partial charge on any atom is -0.378 e. The number of ether oxygens (including phenoxy) is 1. The van der Waals surface area contributed by atoms with E-state index >= 15 is 0 Å². The molecule has 3 aromatic rings. The molecule has 2 N–H and O–H groups in total. The molecule has 1 fully saturated rings. The van der Waals surface area contributed by atoms with Gasteiger partial charge in [0.15, 0.2) is 0 Å². The summed E-state index contributed by atoms with van der Waals surface area (Å²) in [6, 6.07) is 7.23. The van der Waals surface area contributed by atoms with E-state index in [-0.39, 0.29) is 18.0 Å². The Morgan fingerprint density at radius 2 is 2.14 bits per heavy atom. The summed E-state index contributed by atoms with van der Waals surface area (Å²) in [4.78, 5) is 14.8. The topological polar surface area (TPSA) is 80.1 Å². The second-order valence-corrected chi connectivity index (χ2v) is 6.91. The lowest BCUT2D eigenvalue weighted by Gasteiger charge is -2.18. The van der Waals surface area contributed by atoms with E-state index in [1.54, 1.807) is 55.8 Å². The van der Waals surface area contributed by atoms with Crippen molar-refractivity contribution in [1.82, 2.24) is 24.8 Å². The van der Waals surface area contributed by atoms with Gasteiger partial charge in [0.1, 0.15) is 11.6 Å². The molecule has 3 heterocycles. The number of anilines is 2. The van der Waals surface area contributed by atoms with Crippen molar-refractivity contribution in [1.29, 1.82) is 0 Å². The zero-order chi connectivity index (χ0) is 20.2. The second kappa shape index (κ2) is 8.54. The molecule has 2 atom stereocenters. The smallest absolute Gasteiger partial charge is 0.224 e. The van der Waals surface area contributed by atoms with Crippen molar-refractivity contribution in [2.45, 2.75) is 18.7 Å². The Kier molecular flexibility index (Phi) is 5.68. The van der Waals surface area contributed by atoms with Gasteiger partial charge in [-0.15, -0.1) is 0 Å². The first-order valence-corrected chi connectivity index (χ1v) is 9.46. The highest BCUT2D eigenvalue weighted by Crippen LogP contribution is 2.21. The first kappa shape index (κ1) is 19.3. The molecular weight excluding hydrogens is 373 g/mol. The summed E-state index contributed by atoms with van der Waals surface area (Å²) in [6.07, 6.45) is 6.68. The minimum absolute atomic E-state index is 0.0121. The fourth-order valence-corrected chi connectivity index (χ4v) is 3.56. The Hall–Kier alpha value is -3.04. The molecule has 2 aromatic heterocycles. The van der Waals surface area contributed by atoms with E-state index in [1.807, 2.05) is 12.1 Å². The zero-order valence-corrected chi connectivity index (χ0v) is 16.4. The van der Waals surface area contributed by atoms with Crippen LogP contribution in [0.5, 0.6) is 0 Å². The lowest BCUT2D eigenvalue weighted by Crippen LogP contribution is -2.39. The van der Waals surface area contributed by atoms with E-state index in [0.717, 1.165) is 24.5 Å². The van der Waals surface area contributed by atoms with Gasteiger partial charge in [-0.1, -0.05) is 6.07 Å². The van der Waals surface area contributed by atoms with Gasteiger partial charge in [-0.05, 0) is 23.8 Å². The van der Waals surface area contributed by atoms with Gasteiger partial charge in [-0.2, -0.15) is 4.98 Å². The number of nitrogens with zero attached hydrogens (tertiary/aromatic N) is 5. The number of rotatable bonds is 7. The third-order valence-corrected chi connectivity index (χ3v) is 5.12. The van der Waals surface area contributed by atoms with Gasteiger partial charge < -0.3 is 24.8 Å². The predicted octanol–water partition coefficient (Wildman–Crippen LogP) is 1.84. The van der Waals surface area contributed by atoms with Crippen LogP contribution in [-0.4, -0.2) is 58.9 Å². The summed E-state index contributed by atoms with van der Waals surface area (Å²) in [5, 5.41) is 6.45. The molecule has 0 aliphatic carbocycles. The summed E-state index contributed by atoms with van der Waals surface area (Å²) in [7, 11) is 3.50. The second-order valence-electron chi connectivity index (χ2n) is 6.91. The number of nitrogens with one attached hydrogen (secondary N) is 2. The Labute approximate surface area is 168 Å². The standard InChI is InChI=1S/C20H24FN7O/c1-22-20-24-6-5-19(26-20)28-11-16(18(12-28)29-2)25-10-14-3-4-17(15(21)9-14)27-8-7-23-13-27/h3-9,13,16,18,25H,10-12H2,1-2H3,(H,22,24,26)/t16-,18+/m1/s1. The highest BCUT2D eigenvalue weighted by molar-refractivity contribution is 5.44. The molecule has 1 aromatic carbocycles. The molecule has 152 valence electrons. The van der Waals surface area contributed by atoms with Crippen LogP contribution in [0.1, 0.15) is 5.56 Å². The summed E-state index contributed by atoms with van der Waals surface area (Å²) >= 11 is 0. The summed E-state index contributed by atoms with van der Waals surface area (Å²) in [5.41, 5.74) is 1.36. The number of halogens is 1. The maximum Gasteiger partial charge on any atom is 0.224 e. The molecule has 0 amide bonds. The van der Waals surface area contributed by atoms with Crippen molar-refractivity contribution in [3.8, 4) is 5.69 Å². The van der Waals surface area contributed by atoms with Crippen LogP contribution in [0.2, 0.25) is 0 Å². The average molecular weight is 397 g/mol. The van der Waals surface area contributed by atoms with Gasteiger partial charge in [-0.3, -0.25) is 0 Å². The van der Waals surface area contributed by atoms with E-state index in [4.69, 9.17) is 4.74 Å². The molecule has 0 saturated carbocycles. The van der Waals surface area contributed by atoms with E-state index in [1.165, 1.54) is 0 Å². The van der Waals surface area contributed by atoms with Crippen molar-refractivity contribution in [3.05, 3.63) is 60.6 Å². The molecule has 9 heteroatoms. The van der Waals surface area contributed by atoms with E-state index in [0.29, 0.717) is 18.2 Å². The summed E-state index contributed by atoms with van der Waals surface area (Å²) in [5.74, 6) is 1.16. The van der Waals surface area contributed by atoms with Crippen molar-refractivity contribution in [3.63, 3.8) is 0 Å². The molecule has 8 nitrogen and oxygen atoms in total. The fourth-order valence-electron chi connectivity index (χ4n) is 3.56. The first-order valence-electron chi connectivity index (χ1n) is 9.46. The quantitative estimate of drug-likeness (QED) is 0.630. The highest BCUT2D eigenvalue weighted by Gasteiger charge is 2.33. The van der Waals surface area contributed by atoms with Crippen LogP contribution in [0.25, 0.3) is 5.69 Å². The van der Waals surface area contributed by atoms with Crippen molar-refractivity contribution >= 4 is 11.8 Å². The Morgan fingerprint density at radius 3 is 2.86 bits per heavy atom.